The van der Waals surface area contributed by atoms with Crippen molar-refractivity contribution in [3.8, 4) is 0 Å². The first-order valence-electron chi connectivity index (χ1n) is 4.24. The van der Waals surface area contributed by atoms with Crippen LogP contribution in [0.1, 0.15) is 21.6 Å². The van der Waals surface area contributed by atoms with Crippen LogP contribution < -0.4 is 0 Å². The lowest BCUT2D eigenvalue weighted by Gasteiger charge is -2.14. The normalized spacial score (nSPS) is 18.6. The minimum atomic E-state index is -2.98. The molecule has 1 aromatic rings. The maximum Gasteiger partial charge on any atom is 0.154 e. The lowest BCUT2D eigenvalue weighted by molar-refractivity contribution is 0.112. The summed E-state index contributed by atoms with van der Waals surface area (Å²) in [5.74, 6) is 0.171. The lowest BCUT2D eigenvalue weighted by Crippen LogP contribution is -2.20. The Morgan fingerprint density at radius 1 is 1.43 bits per heavy atom. The number of aromatic nitrogens is 1. The molecule has 74 valence electrons. The Labute approximate surface area is 81.9 Å². The van der Waals surface area contributed by atoms with Crippen LogP contribution in [-0.2, 0) is 22.0 Å². The molecule has 1 aliphatic heterocycles. The second-order valence-corrected chi connectivity index (χ2v) is 5.52. The van der Waals surface area contributed by atoms with Crippen molar-refractivity contribution in [2.24, 2.45) is 0 Å². The number of nitrogens with zero attached hydrogens (tertiary/aromatic N) is 1. The Bertz CT molecular complexity index is 479. The largest absolute Gasteiger partial charge is 0.298 e. The minimum Gasteiger partial charge on any atom is -0.298 e. The van der Waals surface area contributed by atoms with E-state index in [2.05, 4.69) is 4.98 Å². The fourth-order valence-electron chi connectivity index (χ4n) is 1.53. The Morgan fingerprint density at radius 3 is 2.93 bits per heavy atom. The molecule has 4 nitrogen and oxygen atoms in total. The number of aldehydes is 1. The summed E-state index contributed by atoms with van der Waals surface area (Å²) >= 11 is 0. The molecule has 14 heavy (non-hydrogen) atoms. The number of rotatable bonds is 1. The van der Waals surface area contributed by atoms with Crippen molar-refractivity contribution in [3.05, 3.63) is 29.1 Å². The number of hydrogen-bond donors (Lipinski definition) is 0. The summed E-state index contributed by atoms with van der Waals surface area (Å²) in [6, 6.07) is 1.60. The molecule has 0 unspecified atom stereocenters. The lowest BCUT2D eigenvalue weighted by atomic mass is 10.1. The average Bonchev–Trinajstić information content (AvgIpc) is 2.15. The van der Waals surface area contributed by atoms with E-state index in [-0.39, 0.29) is 11.5 Å². The van der Waals surface area contributed by atoms with E-state index >= 15 is 0 Å². The molecule has 0 aliphatic carbocycles. The fraction of sp³-hybridized carbons (Fsp3) is 0.333. The topological polar surface area (TPSA) is 64.1 Å². The molecule has 0 saturated carbocycles. The zero-order valence-electron chi connectivity index (χ0n) is 7.43. The average molecular weight is 211 g/mol. The van der Waals surface area contributed by atoms with Gasteiger partial charge in [0, 0.05) is 23.9 Å². The number of aryl methyl sites for hydroxylation is 1. The highest BCUT2D eigenvalue weighted by Gasteiger charge is 2.22. The van der Waals surface area contributed by atoms with Gasteiger partial charge in [-0.2, -0.15) is 0 Å². The van der Waals surface area contributed by atoms with E-state index in [0.717, 1.165) is 5.69 Å². The van der Waals surface area contributed by atoms with Gasteiger partial charge in [0.15, 0.2) is 16.1 Å². The van der Waals surface area contributed by atoms with Crippen molar-refractivity contribution in [2.75, 3.05) is 5.75 Å². The molecular weight excluding hydrogens is 202 g/mol. The van der Waals surface area contributed by atoms with Gasteiger partial charge >= 0.3 is 0 Å². The van der Waals surface area contributed by atoms with Gasteiger partial charge in [-0.3, -0.25) is 9.78 Å². The highest BCUT2D eigenvalue weighted by atomic mass is 32.2. The monoisotopic (exact) mass is 211 g/mol. The smallest absolute Gasteiger partial charge is 0.154 e. The van der Waals surface area contributed by atoms with Crippen molar-refractivity contribution in [3.63, 3.8) is 0 Å². The van der Waals surface area contributed by atoms with Crippen LogP contribution in [0.4, 0.5) is 0 Å². The minimum absolute atomic E-state index is 0.0109. The summed E-state index contributed by atoms with van der Waals surface area (Å²) in [6.45, 7) is 0. The molecule has 0 saturated heterocycles. The maximum absolute atomic E-state index is 11.3. The van der Waals surface area contributed by atoms with Gasteiger partial charge in [0.1, 0.15) is 0 Å². The van der Waals surface area contributed by atoms with E-state index in [4.69, 9.17) is 0 Å². The van der Waals surface area contributed by atoms with Crippen LogP contribution in [0.25, 0.3) is 0 Å². The van der Waals surface area contributed by atoms with Crippen molar-refractivity contribution in [1.82, 2.24) is 4.98 Å². The van der Waals surface area contributed by atoms with Crippen LogP contribution in [0.2, 0.25) is 0 Å². The van der Waals surface area contributed by atoms with E-state index in [1.54, 1.807) is 6.07 Å². The van der Waals surface area contributed by atoms with Crippen LogP contribution >= 0.6 is 0 Å². The van der Waals surface area contributed by atoms with E-state index in [1.165, 1.54) is 6.20 Å². The van der Waals surface area contributed by atoms with Gasteiger partial charge in [-0.05, 0) is 11.6 Å². The summed E-state index contributed by atoms with van der Waals surface area (Å²) in [7, 11) is -2.98. The predicted octanol–water partition coefficient (Wildman–Crippen LogP) is 0.365. The third-order valence-electron chi connectivity index (χ3n) is 2.24. The molecule has 2 rings (SSSR count). The van der Waals surface area contributed by atoms with Crippen LogP contribution in [0.3, 0.4) is 0 Å². The Morgan fingerprint density at radius 2 is 2.21 bits per heavy atom. The number of sulfone groups is 1. The number of fused-ring (bicyclic) bond motifs is 1. The summed E-state index contributed by atoms with van der Waals surface area (Å²) in [5, 5.41) is 0. The van der Waals surface area contributed by atoms with Crippen molar-refractivity contribution >= 4 is 16.1 Å². The molecule has 1 aliphatic rings. The van der Waals surface area contributed by atoms with Crippen molar-refractivity contribution < 1.29 is 13.2 Å². The fourth-order valence-corrected chi connectivity index (χ4v) is 2.91. The van der Waals surface area contributed by atoms with Crippen molar-refractivity contribution in [1.29, 1.82) is 0 Å². The summed E-state index contributed by atoms with van der Waals surface area (Å²) in [4.78, 5) is 14.5. The molecule has 0 spiro atoms. The molecule has 0 N–H and O–H groups in total. The molecule has 1 aromatic heterocycles. The number of carbonyl (C=O) groups excluding carboxylic acids is 1. The van der Waals surface area contributed by atoms with Crippen LogP contribution in [0, 0.1) is 0 Å². The van der Waals surface area contributed by atoms with E-state index in [1.807, 2.05) is 0 Å². The molecule has 0 atom stereocenters. The molecule has 0 aromatic carbocycles. The van der Waals surface area contributed by atoms with Gasteiger partial charge in [0.25, 0.3) is 0 Å². The third kappa shape index (κ3) is 1.68. The van der Waals surface area contributed by atoms with E-state index in [9.17, 15) is 13.2 Å². The molecule has 0 bridgehead atoms. The molecular formula is C9H9NO3S. The van der Waals surface area contributed by atoms with E-state index in [0.29, 0.717) is 23.8 Å². The van der Waals surface area contributed by atoms with Gasteiger partial charge in [-0.1, -0.05) is 0 Å². The second-order valence-electron chi connectivity index (χ2n) is 3.33. The van der Waals surface area contributed by atoms with Gasteiger partial charge in [0.2, 0.25) is 0 Å². The summed E-state index contributed by atoms with van der Waals surface area (Å²) < 4.78 is 22.6. The first-order valence-corrected chi connectivity index (χ1v) is 6.06. The zero-order chi connectivity index (χ0) is 10.2. The first-order chi connectivity index (χ1) is 6.61. The summed E-state index contributed by atoms with van der Waals surface area (Å²) in [5.41, 5.74) is 1.90. The standard InChI is InChI=1S/C9H9NO3S/c11-5-7-3-8-6-14(12,13)2-1-9(8)10-4-7/h3-5H,1-2,6H2. The molecule has 2 heterocycles. The van der Waals surface area contributed by atoms with E-state index < -0.39 is 9.84 Å². The Balaban J connectivity index is 2.49. The van der Waals surface area contributed by atoms with Crippen LogP contribution in [0.15, 0.2) is 12.3 Å². The number of carbonyl (C=O) groups is 1. The number of hydrogen-bond acceptors (Lipinski definition) is 4. The predicted molar refractivity (Wildman–Crippen MR) is 50.8 cm³/mol. The highest BCUT2D eigenvalue weighted by molar-refractivity contribution is 7.90. The Kier molecular flexibility index (Phi) is 2.11. The van der Waals surface area contributed by atoms with Gasteiger partial charge in [0.05, 0.1) is 11.5 Å². The SMILES string of the molecule is O=Cc1cnc2c(c1)CS(=O)(=O)CC2. The van der Waals surface area contributed by atoms with Gasteiger partial charge < -0.3 is 0 Å². The zero-order valence-corrected chi connectivity index (χ0v) is 8.25. The molecule has 0 amide bonds. The van der Waals surface area contributed by atoms with Crippen LogP contribution in [0.5, 0.6) is 0 Å². The summed E-state index contributed by atoms with van der Waals surface area (Å²) in [6.07, 6.45) is 2.61. The molecule has 0 radical (unpaired) electrons. The van der Waals surface area contributed by atoms with Crippen molar-refractivity contribution in [2.45, 2.75) is 12.2 Å². The maximum atomic E-state index is 11.3. The molecule has 0 fully saturated rings. The quantitative estimate of drug-likeness (QED) is 0.629. The third-order valence-corrected chi connectivity index (χ3v) is 3.82. The van der Waals surface area contributed by atoms with Crippen LogP contribution in [-0.4, -0.2) is 25.4 Å². The second kappa shape index (κ2) is 3.16. The van der Waals surface area contributed by atoms with Gasteiger partial charge in [-0.15, -0.1) is 0 Å². The highest BCUT2D eigenvalue weighted by Crippen LogP contribution is 2.19. The first kappa shape index (κ1) is 9.33. The molecule has 5 heteroatoms. The van der Waals surface area contributed by atoms with Gasteiger partial charge in [-0.25, -0.2) is 8.42 Å². The Hall–Kier alpha value is -1.23. The number of pyridine rings is 1.